The van der Waals surface area contributed by atoms with E-state index in [1.807, 2.05) is 31.2 Å². The van der Waals surface area contributed by atoms with Gasteiger partial charge in [-0.25, -0.2) is 4.79 Å². The van der Waals surface area contributed by atoms with Crippen LogP contribution in [0.4, 0.5) is 4.79 Å². The van der Waals surface area contributed by atoms with E-state index in [9.17, 15) is 9.59 Å². The van der Waals surface area contributed by atoms with Gasteiger partial charge in [0.2, 0.25) is 6.41 Å². The molecular formula is C15H23N3O3. The van der Waals surface area contributed by atoms with E-state index in [2.05, 4.69) is 5.32 Å². The molecule has 1 aromatic rings. The number of rotatable bonds is 9. The summed E-state index contributed by atoms with van der Waals surface area (Å²) in [4.78, 5) is 23.5. The van der Waals surface area contributed by atoms with Gasteiger partial charge in [0.15, 0.2) is 0 Å². The molecule has 0 spiro atoms. The number of hydrogen-bond acceptors (Lipinski definition) is 4. The van der Waals surface area contributed by atoms with Gasteiger partial charge in [-0.3, -0.25) is 9.69 Å². The van der Waals surface area contributed by atoms with Crippen LogP contribution in [0.1, 0.15) is 18.4 Å². The van der Waals surface area contributed by atoms with E-state index in [-0.39, 0.29) is 0 Å². The number of nitrogens with zero attached hydrogens (tertiary/aromatic N) is 1. The molecule has 0 aliphatic rings. The lowest BCUT2D eigenvalue weighted by Crippen LogP contribution is -2.40. The van der Waals surface area contributed by atoms with Crippen LogP contribution in [0.3, 0.4) is 0 Å². The van der Waals surface area contributed by atoms with E-state index in [4.69, 9.17) is 10.5 Å². The number of aryl methyl sites for hydroxylation is 1. The number of nitrogens with two attached hydrogens (primary N) is 1. The van der Waals surface area contributed by atoms with Crippen molar-refractivity contribution in [3.63, 3.8) is 0 Å². The lowest BCUT2D eigenvalue weighted by Gasteiger charge is -2.15. The lowest BCUT2D eigenvalue weighted by molar-refractivity contribution is -0.115. The Hall–Kier alpha value is -2.08. The predicted molar refractivity (Wildman–Crippen MR) is 81.1 cm³/mol. The first kappa shape index (κ1) is 17.0. The Morgan fingerprint density at radius 3 is 2.67 bits per heavy atom. The monoisotopic (exact) mass is 293 g/mol. The molecule has 6 nitrogen and oxygen atoms in total. The van der Waals surface area contributed by atoms with Gasteiger partial charge >= 0.3 is 6.03 Å². The Labute approximate surface area is 125 Å². The second-order valence-corrected chi connectivity index (χ2v) is 4.69. The standard InChI is InChI=1S/C15H23N3O3/c1-13-4-6-14(7-5-13)21-11-3-9-17-15(20)18(12-19)10-2-8-16/h4-7,12H,2-3,8-11,16H2,1H3,(H,17,20). The van der Waals surface area contributed by atoms with E-state index in [0.717, 1.165) is 10.6 Å². The van der Waals surface area contributed by atoms with Crippen LogP contribution in [0.25, 0.3) is 0 Å². The van der Waals surface area contributed by atoms with E-state index in [1.165, 1.54) is 5.56 Å². The molecule has 0 radical (unpaired) electrons. The highest BCUT2D eigenvalue weighted by Crippen LogP contribution is 2.11. The van der Waals surface area contributed by atoms with Crippen molar-refractivity contribution in [2.75, 3.05) is 26.2 Å². The SMILES string of the molecule is Cc1ccc(OCCCNC(=O)N(C=O)CCCN)cc1. The van der Waals surface area contributed by atoms with Crippen molar-refractivity contribution in [1.29, 1.82) is 0 Å². The number of carbonyl (C=O) groups excluding carboxylic acids is 2. The lowest BCUT2D eigenvalue weighted by atomic mass is 10.2. The number of urea groups is 1. The number of ether oxygens (including phenoxy) is 1. The van der Waals surface area contributed by atoms with Crippen LogP contribution in [0.15, 0.2) is 24.3 Å². The first-order valence-corrected chi connectivity index (χ1v) is 7.06. The zero-order valence-electron chi connectivity index (χ0n) is 12.4. The fourth-order valence-corrected chi connectivity index (χ4v) is 1.66. The minimum absolute atomic E-state index is 0.339. The third kappa shape index (κ3) is 6.76. The fourth-order valence-electron chi connectivity index (χ4n) is 1.66. The Morgan fingerprint density at radius 2 is 2.05 bits per heavy atom. The molecule has 0 atom stereocenters. The van der Waals surface area contributed by atoms with Crippen LogP contribution in [0.5, 0.6) is 5.75 Å². The third-order valence-electron chi connectivity index (χ3n) is 2.88. The van der Waals surface area contributed by atoms with Crippen molar-refractivity contribution in [2.24, 2.45) is 5.73 Å². The van der Waals surface area contributed by atoms with Crippen LogP contribution in [-0.4, -0.2) is 43.6 Å². The number of nitrogens with one attached hydrogen (secondary N) is 1. The smallest absolute Gasteiger partial charge is 0.323 e. The fraction of sp³-hybridized carbons (Fsp3) is 0.467. The number of hydrogen-bond donors (Lipinski definition) is 2. The molecule has 0 aliphatic carbocycles. The second-order valence-electron chi connectivity index (χ2n) is 4.69. The highest BCUT2D eigenvalue weighted by Gasteiger charge is 2.10. The van der Waals surface area contributed by atoms with Crippen LogP contribution in [0, 0.1) is 6.92 Å². The minimum atomic E-state index is -0.395. The number of imide groups is 1. The van der Waals surface area contributed by atoms with Crippen molar-refractivity contribution in [3.05, 3.63) is 29.8 Å². The summed E-state index contributed by atoms with van der Waals surface area (Å²) < 4.78 is 5.54. The average Bonchev–Trinajstić information content (AvgIpc) is 2.49. The first-order chi connectivity index (χ1) is 10.2. The summed E-state index contributed by atoms with van der Waals surface area (Å²) in [5, 5.41) is 2.67. The second kappa shape index (κ2) is 9.77. The van der Waals surface area contributed by atoms with Gasteiger partial charge in [0.25, 0.3) is 0 Å². The molecule has 1 aromatic carbocycles. The van der Waals surface area contributed by atoms with Gasteiger partial charge < -0.3 is 15.8 Å². The normalized spacial score (nSPS) is 10.0. The van der Waals surface area contributed by atoms with E-state index < -0.39 is 6.03 Å². The highest BCUT2D eigenvalue weighted by molar-refractivity contribution is 5.84. The Kier molecular flexibility index (Phi) is 7.89. The van der Waals surface area contributed by atoms with Gasteiger partial charge in [-0.2, -0.15) is 0 Å². The predicted octanol–water partition coefficient (Wildman–Crippen LogP) is 1.28. The maximum Gasteiger partial charge on any atom is 0.323 e. The molecule has 3 amide bonds. The van der Waals surface area contributed by atoms with Gasteiger partial charge in [-0.05, 0) is 38.4 Å². The van der Waals surface area contributed by atoms with Crippen molar-refractivity contribution >= 4 is 12.4 Å². The quantitative estimate of drug-likeness (QED) is 0.530. The van der Waals surface area contributed by atoms with Gasteiger partial charge in [0.1, 0.15) is 5.75 Å². The van der Waals surface area contributed by atoms with Crippen molar-refractivity contribution in [1.82, 2.24) is 10.2 Å². The molecule has 21 heavy (non-hydrogen) atoms. The first-order valence-electron chi connectivity index (χ1n) is 7.06. The summed E-state index contributed by atoms with van der Waals surface area (Å²) in [6.45, 7) is 3.77. The molecule has 116 valence electrons. The zero-order valence-corrected chi connectivity index (χ0v) is 12.4. The molecule has 0 aromatic heterocycles. The topological polar surface area (TPSA) is 84.7 Å². The molecule has 0 saturated heterocycles. The maximum absolute atomic E-state index is 11.7. The van der Waals surface area contributed by atoms with Gasteiger partial charge in [-0.1, -0.05) is 17.7 Å². The molecule has 0 heterocycles. The summed E-state index contributed by atoms with van der Waals surface area (Å²) in [5.41, 5.74) is 6.53. The largest absolute Gasteiger partial charge is 0.494 e. The van der Waals surface area contributed by atoms with Gasteiger partial charge in [-0.15, -0.1) is 0 Å². The molecule has 6 heteroatoms. The number of benzene rings is 1. The van der Waals surface area contributed by atoms with Crippen LogP contribution in [0.2, 0.25) is 0 Å². The molecule has 0 bridgehead atoms. The highest BCUT2D eigenvalue weighted by atomic mass is 16.5. The van der Waals surface area contributed by atoms with E-state index in [0.29, 0.717) is 45.5 Å². The summed E-state index contributed by atoms with van der Waals surface area (Å²) in [6.07, 6.45) is 1.79. The molecule has 0 unspecified atom stereocenters. The molecule has 3 N–H and O–H groups in total. The van der Waals surface area contributed by atoms with Crippen molar-refractivity contribution in [3.8, 4) is 5.75 Å². The molecular weight excluding hydrogens is 270 g/mol. The third-order valence-corrected chi connectivity index (χ3v) is 2.88. The summed E-state index contributed by atoms with van der Waals surface area (Å²) >= 11 is 0. The molecule has 0 saturated carbocycles. The maximum atomic E-state index is 11.7. The average molecular weight is 293 g/mol. The van der Waals surface area contributed by atoms with Crippen LogP contribution in [-0.2, 0) is 4.79 Å². The van der Waals surface area contributed by atoms with Crippen LogP contribution >= 0.6 is 0 Å². The molecule has 0 aliphatic heterocycles. The van der Waals surface area contributed by atoms with E-state index >= 15 is 0 Å². The number of carbonyl (C=O) groups is 2. The summed E-state index contributed by atoms with van der Waals surface area (Å²) in [7, 11) is 0. The Balaban J connectivity index is 2.16. The zero-order chi connectivity index (χ0) is 15.5. The van der Waals surface area contributed by atoms with Crippen molar-refractivity contribution in [2.45, 2.75) is 19.8 Å². The molecule has 1 rings (SSSR count). The number of amides is 3. The van der Waals surface area contributed by atoms with E-state index in [1.54, 1.807) is 0 Å². The van der Waals surface area contributed by atoms with Crippen molar-refractivity contribution < 1.29 is 14.3 Å². The summed E-state index contributed by atoms with van der Waals surface area (Å²) in [5.74, 6) is 0.810. The van der Waals surface area contributed by atoms with Gasteiger partial charge in [0, 0.05) is 13.1 Å². The Bertz CT molecular complexity index is 434. The molecule has 0 fully saturated rings. The minimum Gasteiger partial charge on any atom is -0.494 e. The summed E-state index contributed by atoms with van der Waals surface area (Å²) in [6, 6.07) is 7.39. The van der Waals surface area contributed by atoms with Gasteiger partial charge in [0.05, 0.1) is 6.61 Å². The van der Waals surface area contributed by atoms with Crippen LogP contribution < -0.4 is 15.8 Å². The Morgan fingerprint density at radius 1 is 1.33 bits per heavy atom.